The Kier molecular flexibility index (Phi) is 8.21. The first-order valence-electron chi connectivity index (χ1n) is 9.94. The molecular formula is C26H23O6S+. The molecule has 33 heavy (non-hydrogen) atoms. The van der Waals surface area contributed by atoms with Gasteiger partial charge in [0.05, 0.1) is 35.3 Å². The van der Waals surface area contributed by atoms with Crippen molar-refractivity contribution in [3.63, 3.8) is 0 Å². The van der Waals surface area contributed by atoms with Gasteiger partial charge in [-0.3, -0.25) is 0 Å². The minimum Gasteiger partial charge on any atom is -0.423 e. The molecule has 0 saturated carbocycles. The summed E-state index contributed by atoms with van der Waals surface area (Å²) in [7, 11) is -0.473. The number of ether oxygens (including phenoxy) is 2. The molecular weight excluding hydrogens is 440 g/mol. The fourth-order valence-electron chi connectivity index (χ4n) is 2.74. The largest absolute Gasteiger partial charge is 0.423 e. The molecule has 0 fully saturated rings. The highest BCUT2D eigenvalue weighted by Gasteiger charge is 2.29. The summed E-state index contributed by atoms with van der Waals surface area (Å²) in [4.78, 5) is 26.7. The van der Waals surface area contributed by atoms with E-state index in [2.05, 4.69) is 13.2 Å². The number of benzene rings is 3. The van der Waals surface area contributed by atoms with E-state index in [1.807, 2.05) is 54.6 Å². The first-order chi connectivity index (χ1) is 15.9. The maximum absolute atomic E-state index is 11.8. The summed E-state index contributed by atoms with van der Waals surface area (Å²) >= 11 is 0. The molecule has 0 spiro atoms. The number of carbonyl (C=O) groups is 2. The average molecular weight is 464 g/mol. The zero-order valence-corrected chi connectivity index (χ0v) is 18.6. The summed E-state index contributed by atoms with van der Waals surface area (Å²) in [5.41, 5.74) is -0.0436. The highest BCUT2D eigenvalue weighted by atomic mass is 32.2. The van der Waals surface area contributed by atoms with Gasteiger partial charge < -0.3 is 19.7 Å². The zero-order chi connectivity index (χ0) is 23.8. The lowest BCUT2D eigenvalue weighted by molar-refractivity contribution is -0.131. The summed E-state index contributed by atoms with van der Waals surface area (Å²) in [5, 5.41) is 18.0. The van der Waals surface area contributed by atoms with Gasteiger partial charge in [-0.2, -0.15) is 0 Å². The van der Waals surface area contributed by atoms with Gasteiger partial charge in [-0.15, -0.1) is 0 Å². The molecule has 0 heterocycles. The SMILES string of the molecule is C=C(CO)C(=O)Oc1ccc([S+](c2ccccc2)c2ccc(OC(=O)C(=C)CO)cc2)cc1. The first-order valence-corrected chi connectivity index (χ1v) is 11.2. The van der Waals surface area contributed by atoms with E-state index >= 15 is 0 Å². The van der Waals surface area contributed by atoms with Gasteiger partial charge >= 0.3 is 11.9 Å². The Morgan fingerprint density at radius 1 is 0.636 bits per heavy atom. The second-order valence-electron chi connectivity index (χ2n) is 6.86. The Labute approximate surface area is 194 Å². The molecule has 3 rings (SSSR count). The van der Waals surface area contributed by atoms with Crippen molar-refractivity contribution in [2.45, 2.75) is 14.7 Å². The quantitative estimate of drug-likeness (QED) is 0.218. The molecule has 3 aromatic rings. The lowest BCUT2D eigenvalue weighted by Crippen LogP contribution is -2.13. The van der Waals surface area contributed by atoms with Crippen molar-refractivity contribution in [3.05, 3.63) is 103 Å². The van der Waals surface area contributed by atoms with Gasteiger partial charge in [0, 0.05) is 0 Å². The van der Waals surface area contributed by atoms with Gasteiger partial charge in [-0.25, -0.2) is 9.59 Å². The number of esters is 2. The molecule has 168 valence electrons. The molecule has 7 heteroatoms. The number of hydrogen-bond acceptors (Lipinski definition) is 6. The monoisotopic (exact) mass is 463 g/mol. The van der Waals surface area contributed by atoms with Crippen LogP contribution in [0.4, 0.5) is 0 Å². The van der Waals surface area contributed by atoms with Crippen LogP contribution in [0.5, 0.6) is 11.5 Å². The van der Waals surface area contributed by atoms with Crippen molar-refractivity contribution in [1.82, 2.24) is 0 Å². The summed E-state index contributed by atoms with van der Waals surface area (Å²) in [6, 6.07) is 24.2. The summed E-state index contributed by atoms with van der Waals surface area (Å²) < 4.78 is 10.5. The van der Waals surface area contributed by atoms with Crippen LogP contribution in [0.15, 0.2) is 118 Å². The molecule has 2 N–H and O–H groups in total. The zero-order valence-electron chi connectivity index (χ0n) is 17.8. The normalized spacial score (nSPS) is 10.5. The number of carbonyl (C=O) groups excluding carboxylic acids is 2. The van der Waals surface area contributed by atoms with Crippen LogP contribution >= 0.6 is 0 Å². The van der Waals surface area contributed by atoms with Gasteiger partial charge in [0.2, 0.25) is 0 Å². The molecule has 0 radical (unpaired) electrons. The summed E-state index contributed by atoms with van der Waals surface area (Å²) in [5.74, 6) is -0.662. The molecule has 0 saturated heterocycles. The van der Waals surface area contributed by atoms with Crippen LogP contribution in [-0.2, 0) is 20.5 Å². The molecule has 6 nitrogen and oxygen atoms in total. The van der Waals surface area contributed by atoms with Gasteiger partial charge in [0.15, 0.2) is 14.7 Å². The Hall–Kier alpha value is -3.65. The average Bonchev–Trinajstić information content (AvgIpc) is 2.85. The maximum Gasteiger partial charge on any atom is 0.341 e. The van der Waals surface area contributed by atoms with Crippen LogP contribution in [-0.4, -0.2) is 35.4 Å². The van der Waals surface area contributed by atoms with Gasteiger partial charge in [0.25, 0.3) is 0 Å². The lowest BCUT2D eigenvalue weighted by atomic mass is 10.3. The van der Waals surface area contributed by atoms with E-state index in [1.165, 1.54) is 0 Å². The maximum atomic E-state index is 11.8. The van der Waals surface area contributed by atoms with Gasteiger partial charge in [-0.05, 0) is 60.7 Å². The van der Waals surface area contributed by atoms with E-state index in [4.69, 9.17) is 19.7 Å². The standard InChI is InChI=1S/C26H23O6S/c1-18(16-27)25(29)31-20-8-12-23(13-9-20)33(22-6-4-3-5-7-22)24-14-10-21(11-15-24)32-26(30)19(2)17-28/h3-15,27-28H,1-2,16-17H2/q+1. The predicted octanol–water partition coefficient (Wildman–Crippen LogP) is 3.69. The molecule has 0 atom stereocenters. The van der Waals surface area contributed by atoms with Gasteiger partial charge in [0.1, 0.15) is 11.5 Å². The summed E-state index contributed by atoms with van der Waals surface area (Å²) in [6.07, 6.45) is 0. The van der Waals surface area contributed by atoms with Crippen molar-refractivity contribution in [3.8, 4) is 11.5 Å². The molecule has 0 aliphatic carbocycles. The van der Waals surface area contributed by atoms with Crippen LogP contribution < -0.4 is 9.47 Å². The van der Waals surface area contributed by atoms with Crippen molar-refractivity contribution < 1.29 is 29.3 Å². The molecule has 0 aliphatic rings. The third kappa shape index (κ3) is 6.20. The molecule has 3 aromatic carbocycles. The third-order valence-electron chi connectivity index (χ3n) is 4.48. The van der Waals surface area contributed by atoms with Crippen molar-refractivity contribution in [2.24, 2.45) is 0 Å². The minimum absolute atomic E-state index is 0.0218. The van der Waals surface area contributed by atoms with Crippen LogP contribution in [0.1, 0.15) is 0 Å². The predicted molar refractivity (Wildman–Crippen MR) is 125 cm³/mol. The van der Waals surface area contributed by atoms with E-state index < -0.39 is 36.0 Å². The van der Waals surface area contributed by atoms with Crippen molar-refractivity contribution in [1.29, 1.82) is 0 Å². The van der Waals surface area contributed by atoms with E-state index in [9.17, 15) is 9.59 Å². The molecule has 0 amide bonds. The second kappa shape index (κ2) is 11.3. The molecule has 0 aliphatic heterocycles. The van der Waals surface area contributed by atoms with E-state index in [0.717, 1.165) is 14.7 Å². The smallest absolute Gasteiger partial charge is 0.341 e. The second-order valence-corrected chi connectivity index (χ2v) is 8.89. The van der Waals surface area contributed by atoms with E-state index in [0.29, 0.717) is 11.5 Å². The third-order valence-corrected chi connectivity index (χ3v) is 6.71. The van der Waals surface area contributed by atoms with Crippen LogP contribution in [0.2, 0.25) is 0 Å². The summed E-state index contributed by atoms with van der Waals surface area (Å²) in [6.45, 7) is 6.00. The fraction of sp³-hybridized carbons (Fsp3) is 0.0769. The fourth-order valence-corrected chi connectivity index (χ4v) is 4.80. The number of rotatable bonds is 9. The first kappa shape index (κ1) is 24.0. The van der Waals surface area contributed by atoms with Crippen LogP contribution in [0.3, 0.4) is 0 Å². The Balaban J connectivity index is 1.87. The topological polar surface area (TPSA) is 93.1 Å². The number of aliphatic hydroxyl groups excluding tert-OH is 2. The van der Waals surface area contributed by atoms with Crippen molar-refractivity contribution in [2.75, 3.05) is 13.2 Å². The Morgan fingerprint density at radius 3 is 1.36 bits per heavy atom. The van der Waals surface area contributed by atoms with Crippen LogP contribution in [0, 0.1) is 0 Å². The Morgan fingerprint density at radius 2 is 1.00 bits per heavy atom. The highest BCUT2D eigenvalue weighted by Crippen LogP contribution is 2.33. The minimum atomic E-state index is -0.679. The van der Waals surface area contributed by atoms with Crippen LogP contribution in [0.25, 0.3) is 0 Å². The Bertz CT molecular complexity index is 1060. The molecule has 0 aromatic heterocycles. The molecule has 0 bridgehead atoms. The van der Waals surface area contributed by atoms with Crippen molar-refractivity contribution >= 4 is 22.8 Å². The van der Waals surface area contributed by atoms with Gasteiger partial charge in [-0.1, -0.05) is 31.4 Å². The lowest BCUT2D eigenvalue weighted by Gasteiger charge is -2.10. The van der Waals surface area contributed by atoms with E-state index in [1.54, 1.807) is 24.3 Å². The van der Waals surface area contributed by atoms with E-state index in [-0.39, 0.29) is 11.1 Å². The molecule has 0 unspecified atom stereocenters. The highest BCUT2D eigenvalue weighted by molar-refractivity contribution is 7.97. The number of aliphatic hydroxyl groups is 2. The number of hydrogen-bond donors (Lipinski definition) is 2.